The van der Waals surface area contributed by atoms with E-state index < -0.39 is 14.0 Å². The van der Waals surface area contributed by atoms with Gasteiger partial charge in [-0.25, -0.2) is 8.42 Å². The highest BCUT2D eigenvalue weighted by atomic mass is 35.7. The highest BCUT2D eigenvalue weighted by Crippen LogP contribution is 2.27. The highest BCUT2D eigenvalue weighted by Gasteiger charge is 2.20. The van der Waals surface area contributed by atoms with Crippen LogP contribution in [0.1, 0.15) is 18.1 Å². The Balaban J connectivity index is 3.69. The molecule has 0 aromatic heterocycles. The zero-order valence-corrected chi connectivity index (χ0v) is 10.6. The molecule has 0 aliphatic heterocycles. The molecule has 5 nitrogen and oxygen atoms in total. The van der Waals surface area contributed by atoms with Gasteiger partial charge in [0, 0.05) is 27.9 Å². The zero-order valence-electron chi connectivity index (χ0n) is 9.02. The van der Waals surface area contributed by atoms with Gasteiger partial charge < -0.3 is 0 Å². The van der Waals surface area contributed by atoms with E-state index in [-0.39, 0.29) is 16.1 Å². The average Bonchev–Trinajstić information content (AvgIpc) is 2.19. The van der Waals surface area contributed by atoms with Crippen LogP contribution in [0.4, 0.5) is 5.69 Å². The third kappa shape index (κ3) is 2.96. The van der Waals surface area contributed by atoms with Crippen molar-refractivity contribution in [2.75, 3.05) is 0 Å². The molecule has 0 spiro atoms. The molecule has 0 unspecified atom stereocenters. The van der Waals surface area contributed by atoms with Gasteiger partial charge in [0.1, 0.15) is 0 Å². The Kier molecular flexibility index (Phi) is 3.76. The first-order chi connectivity index (χ1) is 7.77. The van der Waals surface area contributed by atoms with Gasteiger partial charge in [-0.15, -0.1) is 5.92 Å². The number of nitrogens with zero attached hydrogens (tertiary/aromatic N) is 1. The normalized spacial score (nSPS) is 10.5. The van der Waals surface area contributed by atoms with Crippen LogP contribution in [0.3, 0.4) is 0 Å². The van der Waals surface area contributed by atoms with Gasteiger partial charge in [0.05, 0.1) is 9.82 Å². The molecule has 0 atom stereocenters. The third-order valence-corrected chi connectivity index (χ3v) is 3.42. The van der Waals surface area contributed by atoms with Crippen LogP contribution in [0.15, 0.2) is 17.0 Å². The van der Waals surface area contributed by atoms with E-state index in [1.165, 1.54) is 13.0 Å². The van der Waals surface area contributed by atoms with Gasteiger partial charge in [0.2, 0.25) is 0 Å². The van der Waals surface area contributed by atoms with Crippen molar-refractivity contribution in [1.29, 1.82) is 0 Å². The van der Waals surface area contributed by atoms with Crippen LogP contribution in [0.25, 0.3) is 0 Å². The van der Waals surface area contributed by atoms with Gasteiger partial charge in [-0.05, 0) is 19.9 Å². The van der Waals surface area contributed by atoms with Crippen LogP contribution >= 0.6 is 10.7 Å². The molecule has 0 saturated heterocycles. The molecule has 17 heavy (non-hydrogen) atoms. The molecular weight excluding hydrogens is 266 g/mol. The van der Waals surface area contributed by atoms with Crippen molar-refractivity contribution < 1.29 is 13.3 Å². The molecule has 90 valence electrons. The predicted molar refractivity (Wildman–Crippen MR) is 63.4 cm³/mol. The van der Waals surface area contributed by atoms with Crippen molar-refractivity contribution in [3.05, 3.63) is 33.4 Å². The molecule has 0 heterocycles. The molecule has 0 aliphatic rings. The first-order valence-electron chi connectivity index (χ1n) is 4.44. The number of halogens is 1. The van der Waals surface area contributed by atoms with Gasteiger partial charge in [-0.3, -0.25) is 10.1 Å². The lowest BCUT2D eigenvalue weighted by Gasteiger charge is -2.03. The van der Waals surface area contributed by atoms with Crippen molar-refractivity contribution in [2.45, 2.75) is 18.7 Å². The lowest BCUT2D eigenvalue weighted by molar-refractivity contribution is -0.385. The molecule has 7 heteroatoms. The van der Waals surface area contributed by atoms with E-state index in [0.29, 0.717) is 5.56 Å². The number of nitro benzene ring substituents is 1. The number of rotatable bonds is 2. The number of benzene rings is 1. The average molecular weight is 274 g/mol. The van der Waals surface area contributed by atoms with Gasteiger partial charge in [0.15, 0.2) is 0 Å². The Bertz CT molecular complexity index is 640. The van der Waals surface area contributed by atoms with E-state index in [1.54, 1.807) is 6.92 Å². The molecule has 0 saturated carbocycles. The Morgan fingerprint density at radius 2 is 2.00 bits per heavy atom. The maximum absolute atomic E-state index is 11.2. The molecule has 0 N–H and O–H groups in total. The van der Waals surface area contributed by atoms with Crippen LogP contribution in [-0.4, -0.2) is 13.3 Å². The maximum Gasteiger partial charge on any atom is 0.274 e. The lowest BCUT2D eigenvalue weighted by atomic mass is 10.1. The largest absolute Gasteiger partial charge is 0.274 e. The molecule has 0 radical (unpaired) electrons. The summed E-state index contributed by atoms with van der Waals surface area (Å²) in [5.74, 6) is 5.17. The second-order valence-corrected chi connectivity index (χ2v) is 5.75. The summed E-state index contributed by atoms with van der Waals surface area (Å²) in [4.78, 5) is 9.79. The summed E-state index contributed by atoms with van der Waals surface area (Å²) in [6.45, 7) is 3.05. The van der Waals surface area contributed by atoms with Gasteiger partial charge in [-0.2, -0.15) is 0 Å². The fraction of sp³-hybridized carbons (Fsp3) is 0.200. The summed E-state index contributed by atoms with van der Waals surface area (Å²) in [6.07, 6.45) is 0. The predicted octanol–water partition coefficient (Wildman–Crippen LogP) is 2.20. The number of nitro groups is 1. The minimum atomic E-state index is -4.02. The number of hydrogen-bond donors (Lipinski definition) is 0. The van der Waals surface area contributed by atoms with Crippen LogP contribution in [0.5, 0.6) is 0 Å². The lowest BCUT2D eigenvalue weighted by Crippen LogP contribution is -1.99. The fourth-order valence-electron chi connectivity index (χ4n) is 1.27. The monoisotopic (exact) mass is 273 g/mol. The summed E-state index contributed by atoms with van der Waals surface area (Å²) >= 11 is 0. The van der Waals surface area contributed by atoms with E-state index in [9.17, 15) is 18.5 Å². The van der Waals surface area contributed by atoms with Crippen molar-refractivity contribution >= 4 is 25.4 Å². The molecule has 0 bridgehead atoms. The number of hydrogen-bond acceptors (Lipinski definition) is 4. The minimum Gasteiger partial charge on any atom is -0.258 e. The van der Waals surface area contributed by atoms with E-state index >= 15 is 0 Å². The summed E-state index contributed by atoms with van der Waals surface area (Å²) in [6, 6.07) is 2.15. The van der Waals surface area contributed by atoms with E-state index in [1.807, 2.05) is 0 Å². The van der Waals surface area contributed by atoms with E-state index in [2.05, 4.69) is 11.8 Å². The van der Waals surface area contributed by atoms with E-state index in [0.717, 1.165) is 6.07 Å². The second-order valence-electron chi connectivity index (χ2n) is 3.18. The third-order valence-electron chi connectivity index (χ3n) is 2.09. The highest BCUT2D eigenvalue weighted by molar-refractivity contribution is 8.13. The summed E-state index contributed by atoms with van der Waals surface area (Å²) in [7, 11) is 1.14. The first-order valence-corrected chi connectivity index (χ1v) is 6.74. The topological polar surface area (TPSA) is 77.3 Å². The molecule has 0 fully saturated rings. The molecule has 0 amide bonds. The molecule has 1 aromatic rings. The molecular formula is C10H8ClNO4S. The van der Waals surface area contributed by atoms with E-state index in [4.69, 9.17) is 10.7 Å². The summed E-state index contributed by atoms with van der Waals surface area (Å²) in [5, 5.41) is 10.8. The Morgan fingerprint density at radius 1 is 1.41 bits per heavy atom. The maximum atomic E-state index is 11.2. The first kappa shape index (κ1) is 13.5. The fourth-order valence-corrected chi connectivity index (χ4v) is 2.05. The van der Waals surface area contributed by atoms with Crippen LogP contribution in [-0.2, 0) is 9.05 Å². The van der Waals surface area contributed by atoms with Crippen LogP contribution in [0, 0.1) is 28.9 Å². The standard InChI is InChI=1S/C10H8ClNO4S/c1-3-4-8-5-9(17(11,15)16)6-10(7(8)2)12(13)14/h5-6H,1-2H3. The Morgan fingerprint density at radius 3 is 2.41 bits per heavy atom. The van der Waals surface area contributed by atoms with Gasteiger partial charge in [0.25, 0.3) is 14.7 Å². The SMILES string of the molecule is CC#Cc1cc(S(=O)(=O)Cl)cc([N+](=O)[O-])c1C. The minimum absolute atomic E-state index is 0.279. The van der Waals surface area contributed by atoms with Crippen molar-refractivity contribution in [3.8, 4) is 11.8 Å². The summed E-state index contributed by atoms with van der Waals surface area (Å²) < 4.78 is 22.3. The van der Waals surface area contributed by atoms with Crippen molar-refractivity contribution in [1.82, 2.24) is 0 Å². The van der Waals surface area contributed by atoms with Crippen LogP contribution < -0.4 is 0 Å². The van der Waals surface area contributed by atoms with Gasteiger partial charge in [-0.1, -0.05) is 5.92 Å². The zero-order chi connectivity index (χ0) is 13.2. The smallest absolute Gasteiger partial charge is 0.258 e. The van der Waals surface area contributed by atoms with Gasteiger partial charge >= 0.3 is 0 Å². The molecule has 0 aliphatic carbocycles. The molecule has 1 rings (SSSR count). The summed E-state index contributed by atoms with van der Waals surface area (Å²) in [5.41, 5.74) is 0.277. The van der Waals surface area contributed by atoms with Crippen molar-refractivity contribution in [3.63, 3.8) is 0 Å². The second kappa shape index (κ2) is 4.73. The molecule has 1 aromatic carbocycles. The van der Waals surface area contributed by atoms with Crippen molar-refractivity contribution in [2.24, 2.45) is 0 Å². The quantitative estimate of drug-likeness (QED) is 0.358. The van der Waals surface area contributed by atoms with Crippen LogP contribution in [0.2, 0.25) is 0 Å². The Labute approximate surface area is 103 Å². The Hall–Kier alpha value is -1.58.